The first-order valence-corrected chi connectivity index (χ1v) is 5.57. The zero-order valence-corrected chi connectivity index (χ0v) is 9.69. The Morgan fingerprint density at radius 3 is 3.06 bits per heavy atom. The molecule has 1 aliphatic rings. The van der Waals surface area contributed by atoms with Crippen molar-refractivity contribution in [1.29, 1.82) is 0 Å². The smallest absolute Gasteiger partial charge is 0.159 e. The van der Waals surface area contributed by atoms with Crippen LogP contribution in [0.2, 0.25) is 0 Å². The van der Waals surface area contributed by atoms with Crippen LogP contribution in [-0.4, -0.2) is 23.2 Å². The molecule has 0 saturated carbocycles. The van der Waals surface area contributed by atoms with Crippen LogP contribution in [0.5, 0.6) is 0 Å². The van der Waals surface area contributed by atoms with Gasteiger partial charge in [-0.05, 0) is 13.8 Å². The molecule has 1 unspecified atom stereocenters. The van der Waals surface area contributed by atoms with Gasteiger partial charge < -0.3 is 15.2 Å². The largest absolute Gasteiger partial charge is 0.383 e. The number of aromatic nitrogens is 2. The summed E-state index contributed by atoms with van der Waals surface area (Å²) in [6, 6.07) is 0. The number of fused-ring (bicyclic) bond motifs is 1. The maximum atomic E-state index is 5.89. The van der Waals surface area contributed by atoms with Gasteiger partial charge in [-0.2, -0.15) is 0 Å². The van der Waals surface area contributed by atoms with Gasteiger partial charge in [-0.3, -0.25) is 0 Å². The molecule has 16 heavy (non-hydrogen) atoms. The molecule has 1 aliphatic heterocycles. The van der Waals surface area contributed by atoms with E-state index in [1.54, 1.807) is 0 Å². The highest BCUT2D eigenvalue weighted by Crippen LogP contribution is 2.22. The van der Waals surface area contributed by atoms with Crippen molar-refractivity contribution >= 4 is 5.82 Å². The van der Waals surface area contributed by atoms with Crippen LogP contribution in [0.25, 0.3) is 0 Å². The predicted octanol–water partition coefficient (Wildman–Crippen LogP) is 1.23. The lowest BCUT2D eigenvalue weighted by Crippen LogP contribution is -2.18. The van der Waals surface area contributed by atoms with Crippen LogP contribution in [0.4, 0.5) is 5.82 Å². The summed E-state index contributed by atoms with van der Waals surface area (Å²) in [5.41, 5.74) is 7.82. The second-order valence-electron chi connectivity index (χ2n) is 3.79. The number of hydrogen-bond donors (Lipinski definition) is 1. The van der Waals surface area contributed by atoms with E-state index in [1.807, 2.05) is 13.8 Å². The second-order valence-corrected chi connectivity index (χ2v) is 3.79. The van der Waals surface area contributed by atoms with Crippen molar-refractivity contribution in [3.63, 3.8) is 0 Å². The molecule has 0 spiro atoms. The molecule has 5 heteroatoms. The van der Waals surface area contributed by atoms with Crippen molar-refractivity contribution < 1.29 is 9.47 Å². The van der Waals surface area contributed by atoms with Gasteiger partial charge in [-0.1, -0.05) is 0 Å². The molecule has 1 atom stereocenters. The Kier molecular flexibility index (Phi) is 3.36. The summed E-state index contributed by atoms with van der Waals surface area (Å²) in [5.74, 6) is 1.19. The molecular formula is C11H17N3O2. The van der Waals surface area contributed by atoms with Crippen LogP contribution < -0.4 is 5.73 Å². The number of ether oxygens (including phenoxy) is 2. The van der Waals surface area contributed by atoms with Gasteiger partial charge in [0.25, 0.3) is 0 Å². The normalized spacial score (nSPS) is 16.9. The molecule has 2 rings (SSSR count). The summed E-state index contributed by atoms with van der Waals surface area (Å²) >= 11 is 0. The number of nitrogen functional groups attached to an aromatic ring is 1. The Balaban J connectivity index is 2.31. The molecule has 0 saturated heterocycles. The van der Waals surface area contributed by atoms with Crippen LogP contribution in [0.1, 0.15) is 37.0 Å². The molecule has 1 aromatic heterocycles. The molecule has 88 valence electrons. The van der Waals surface area contributed by atoms with Crippen molar-refractivity contribution in [1.82, 2.24) is 9.97 Å². The fourth-order valence-electron chi connectivity index (χ4n) is 1.78. The number of anilines is 1. The van der Waals surface area contributed by atoms with Crippen LogP contribution in [0.15, 0.2) is 0 Å². The van der Waals surface area contributed by atoms with E-state index >= 15 is 0 Å². The maximum absolute atomic E-state index is 5.89. The monoisotopic (exact) mass is 223 g/mol. The summed E-state index contributed by atoms with van der Waals surface area (Å²) in [6.07, 6.45) is 0.689. The molecular weight excluding hydrogens is 206 g/mol. The van der Waals surface area contributed by atoms with Gasteiger partial charge >= 0.3 is 0 Å². The van der Waals surface area contributed by atoms with Gasteiger partial charge in [-0.25, -0.2) is 9.97 Å². The number of nitrogens with two attached hydrogens (primary N) is 1. The van der Waals surface area contributed by atoms with Crippen molar-refractivity contribution in [2.75, 3.05) is 18.9 Å². The van der Waals surface area contributed by atoms with Gasteiger partial charge in [0.05, 0.1) is 18.9 Å². The Bertz CT molecular complexity index is 382. The Morgan fingerprint density at radius 2 is 2.31 bits per heavy atom. The van der Waals surface area contributed by atoms with E-state index in [4.69, 9.17) is 15.2 Å². The molecule has 0 fully saturated rings. The highest BCUT2D eigenvalue weighted by molar-refractivity contribution is 5.42. The minimum Gasteiger partial charge on any atom is -0.383 e. The summed E-state index contributed by atoms with van der Waals surface area (Å²) in [7, 11) is 0. The van der Waals surface area contributed by atoms with E-state index in [-0.39, 0.29) is 6.10 Å². The first-order chi connectivity index (χ1) is 7.72. The predicted molar refractivity (Wildman–Crippen MR) is 59.8 cm³/mol. The van der Waals surface area contributed by atoms with Crippen molar-refractivity contribution in [3.05, 3.63) is 17.1 Å². The fraction of sp³-hybridized carbons (Fsp3) is 0.636. The van der Waals surface area contributed by atoms with Crippen molar-refractivity contribution in [3.8, 4) is 0 Å². The molecule has 0 bridgehead atoms. The molecule has 1 aromatic rings. The average molecular weight is 223 g/mol. The third kappa shape index (κ3) is 2.15. The first kappa shape index (κ1) is 11.3. The van der Waals surface area contributed by atoms with Gasteiger partial charge in [0.15, 0.2) is 5.82 Å². The van der Waals surface area contributed by atoms with Crippen molar-refractivity contribution in [2.24, 2.45) is 0 Å². The maximum Gasteiger partial charge on any atom is 0.159 e. The lowest BCUT2D eigenvalue weighted by Gasteiger charge is -2.19. The third-order valence-electron chi connectivity index (χ3n) is 2.65. The average Bonchev–Trinajstić information content (AvgIpc) is 2.29. The minimum atomic E-state index is -0.111. The molecule has 2 N–H and O–H groups in total. The van der Waals surface area contributed by atoms with Gasteiger partial charge in [-0.15, -0.1) is 0 Å². The summed E-state index contributed by atoms with van der Waals surface area (Å²) in [6.45, 7) is 5.75. The zero-order chi connectivity index (χ0) is 11.5. The highest BCUT2D eigenvalue weighted by atomic mass is 16.5. The van der Waals surface area contributed by atoms with Crippen molar-refractivity contribution in [2.45, 2.75) is 33.0 Å². The Morgan fingerprint density at radius 1 is 1.50 bits per heavy atom. The molecule has 0 aromatic carbocycles. The van der Waals surface area contributed by atoms with E-state index in [1.165, 1.54) is 0 Å². The minimum absolute atomic E-state index is 0.111. The van der Waals surface area contributed by atoms with Gasteiger partial charge in [0.1, 0.15) is 11.9 Å². The van der Waals surface area contributed by atoms with Crippen LogP contribution >= 0.6 is 0 Å². The van der Waals surface area contributed by atoms with Gasteiger partial charge in [0.2, 0.25) is 0 Å². The molecule has 0 amide bonds. The summed E-state index contributed by atoms with van der Waals surface area (Å²) in [5, 5.41) is 0. The summed E-state index contributed by atoms with van der Waals surface area (Å²) in [4.78, 5) is 8.76. The third-order valence-corrected chi connectivity index (χ3v) is 2.65. The zero-order valence-electron chi connectivity index (χ0n) is 9.69. The van der Waals surface area contributed by atoms with E-state index in [0.29, 0.717) is 31.5 Å². The lowest BCUT2D eigenvalue weighted by molar-refractivity contribution is 0.0688. The molecule has 5 nitrogen and oxygen atoms in total. The second kappa shape index (κ2) is 4.76. The Labute approximate surface area is 95.0 Å². The standard InChI is InChI=1S/C11H17N3O2/c1-3-16-7(2)11-13-9-4-5-15-6-8(9)10(12)14-11/h7H,3-6H2,1-2H3,(H2,12,13,14). The van der Waals surface area contributed by atoms with E-state index in [0.717, 1.165) is 17.7 Å². The van der Waals surface area contributed by atoms with Crippen LogP contribution in [-0.2, 0) is 22.5 Å². The lowest BCUT2D eigenvalue weighted by atomic mass is 10.1. The highest BCUT2D eigenvalue weighted by Gasteiger charge is 2.19. The van der Waals surface area contributed by atoms with E-state index < -0.39 is 0 Å². The molecule has 0 radical (unpaired) electrons. The molecule has 2 heterocycles. The van der Waals surface area contributed by atoms with E-state index in [9.17, 15) is 0 Å². The van der Waals surface area contributed by atoms with Gasteiger partial charge in [0, 0.05) is 18.6 Å². The van der Waals surface area contributed by atoms with Crippen LogP contribution in [0, 0.1) is 0 Å². The number of rotatable bonds is 3. The number of hydrogen-bond acceptors (Lipinski definition) is 5. The molecule has 0 aliphatic carbocycles. The quantitative estimate of drug-likeness (QED) is 0.834. The SMILES string of the molecule is CCOC(C)c1nc(N)c2c(n1)CCOC2. The Hall–Kier alpha value is -1.20. The fourth-order valence-corrected chi connectivity index (χ4v) is 1.78. The van der Waals surface area contributed by atoms with Crippen LogP contribution in [0.3, 0.4) is 0 Å². The summed E-state index contributed by atoms with van der Waals surface area (Å²) < 4.78 is 10.8. The number of nitrogens with zero attached hydrogens (tertiary/aromatic N) is 2. The topological polar surface area (TPSA) is 70.3 Å². The first-order valence-electron chi connectivity index (χ1n) is 5.57. The van der Waals surface area contributed by atoms with E-state index in [2.05, 4.69) is 9.97 Å².